The zero-order valence-corrected chi connectivity index (χ0v) is 18.4. The molecule has 2 aromatic rings. The first-order chi connectivity index (χ1) is 14.8. The molecule has 1 saturated heterocycles. The van der Waals surface area contributed by atoms with Gasteiger partial charge in [-0.3, -0.25) is 19.3 Å². The van der Waals surface area contributed by atoms with Crippen LogP contribution in [0.2, 0.25) is 5.02 Å². The van der Waals surface area contributed by atoms with Gasteiger partial charge in [-0.2, -0.15) is 0 Å². The molecule has 3 amide bonds. The zero-order chi connectivity index (χ0) is 22.5. The molecule has 0 bridgehead atoms. The number of anilines is 1. The van der Waals surface area contributed by atoms with E-state index in [1.807, 2.05) is 13.8 Å². The average molecular weight is 463 g/mol. The molecule has 1 atom stereocenters. The average Bonchev–Trinajstić information content (AvgIpc) is 2.99. The number of hydrogen-bond acceptors (Lipinski definition) is 5. The molecule has 0 aliphatic carbocycles. The normalized spacial score (nSPS) is 16.0. The molecule has 6 nitrogen and oxygen atoms in total. The van der Waals surface area contributed by atoms with Crippen LogP contribution < -0.4 is 10.1 Å². The lowest BCUT2D eigenvalue weighted by Gasteiger charge is -2.14. The number of imide groups is 1. The van der Waals surface area contributed by atoms with Gasteiger partial charge in [0, 0.05) is 0 Å². The minimum Gasteiger partial charge on any atom is -0.489 e. The molecule has 0 unspecified atom stereocenters. The number of para-hydroxylation sites is 1. The van der Waals surface area contributed by atoms with Gasteiger partial charge in [0.25, 0.3) is 11.1 Å². The van der Waals surface area contributed by atoms with Crippen LogP contribution in [0.4, 0.5) is 14.9 Å². The Bertz CT molecular complexity index is 1060. The highest BCUT2D eigenvalue weighted by molar-refractivity contribution is 8.18. The quantitative estimate of drug-likeness (QED) is 0.563. The first-order valence-corrected chi connectivity index (χ1v) is 10.7. The van der Waals surface area contributed by atoms with Crippen LogP contribution in [0.5, 0.6) is 5.75 Å². The van der Waals surface area contributed by atoms with E-state index in [-0.39, 0.29) is 16.7 Å². The Morgan fingerprint density at radius 1 is 1.29 bits per heavy atom. The van der Waals surface area contributed by atoms with Crippen molar-refractivity contribution < 1.29 is 23.5 Å². The number of nitrogens with one attached hydrogen (secondary N) is 1. The van der Waals surface area contributed by atoms with Gasteiger partial charge in [-0.05, 0) is 61.0 Å². The monoisotopic (exact) mass is 462 g/mol. The van der Waals surface area contributed by atoms with Crippen LogP contribution in [0, 0.1) is 5.82 Å². The van der Waals surface area contributed by atoms with Gasteiger partial charge >= 0.3 is 0 Å². The lowest BCUT2D eigenvalue weighted by Crippen LogP contribution is -2.36. The Morgan fingerprint density at radius 2 is 2.03 bits per heavy atom. The molecule has 1 aliphatic rings. The Balaban J connectivity index is 1.69. The minimum atomic E-state index is -0.678. The molecule has 1 heterocycles. The van der Waals surface area contributed by atoms with E-state index in [1.54, 1.807) is 24.3 Å². The molecular formula is C22H20ClFN2O4S. The first kappa shape index (κ1) is 22.8. The summed E-state index contributed by atoms with van der Waals surface area (Å²) in [6.45, 7) is 3.42. The van der Waals surface area contributed by atoms with Crippen LogP contribution in [-0.4, -0.2) is 34.6 Å². The second-order valence-corrected chi connectivity index (χ2v) is 8.22. The molecular weight excluding hydrogens is 443 g/mol. The predicted octanol–water partition coefficient (Wildman–Crippen LogP) is 5.33. The molecule has 2 aromatic carbocycles. The molecule has 1 N–H and O–H groups in total. The number of benzene rings is 2. The predicted molar refractivity (Wildman–Crippen MR) is 120 cm³/mol. The third-order valence-electron chi connectivity index (χ3n) is 4.48. The van der Waals surface area contributed by atoms with Crippen LogP contribution in [0.25, 0.3) is 6.08 Å². The zero-order valence-electron chi connectivity index (χ0n) is 16.9. The SMILES string of the molecule is CC[C@H](C)Oc1ccc(/C=C2\SC(=O)N(CC(=O)Nc3ccccc3F)C2=O)cc1Cl. The van der Waals surface area contributed by atoms with E-state index in [1.165, 1.54) is 24.3 Å². The summed E-state index contributed by atoms with van der Waals surface area (Å²) in [5.41, 5.74) is 0.590. The van der Waals surface area contributed by atoms with Crippen LogP contribution >= 0.6 is 23.4 Å². The fourth-order valence-corrected chi connectivity index (χ4v) is 3.76. The maximum atomic E-state index is 13.7. The van der Waals surface area contributed by atoms with E-state index in [0.717, 1.165) is 23.1 Å². The molecule has 0 saturated carbocycles. The molecule has 3 rings (SSSR count). The molecule has 31 heavy (non-hydrogen) atoms. The van der Waals surface area contributed by atoms with E-state index < -0.39 is 29.4 Å². The number of rotatable bonds is 7. The number of amides is 3. The van der Waals surface area contributed by atoms with Gasteiger partial charge in [0.05, 0.1) is 21.7 Å². The summed E-state index contributed by atoms with van der Waals surface area (Å²) in [5, 5.41) is 2.16. The van der Waals surface area contributed by atoms with Crippen molar-refractivity contribution in [1.29, 1.82) is 0 Å². The summed E-state index contributed by atoms with van der Waals surface area (Å²) in [5.74, 6) is -1.36. The van der Waals surface area contributed by atoms with Gasteiger partial charge in [-0.25, -0.2) is 4.39 Å². The third-order valence-corrected chi connectivity index (χ3v) is 5.68. The fourth-order valence-electron chi connectivity index (χ4n) is 2.69. The van der Waals surface area contributed by atoms with Crippen molar-refractivity contribution in [2.24, 2.45) is 0 Å². The van der Waals surface area contributed by atoms with E-state index in [9.17, 15) is 18.8 Å². The maximum absolute atomic E-state index is 13.7. The number of ether oxygens (including phenoxy) is 1. The largest absolute Gasteiger partial charge is 0.489 e. The summed E-state index contributed by atoms with van der Waals surface area (Å²) in [6.07, 6.45) is 2.37. The second kappa shape index (κ2) is 9.98. The number of halogens is 2. The lowest BCUT2D eigenvalue weighted by atomic mass is 10.2. The smallest absolute Gasteiger partial charge is 0.294 e. The van der Waals surface area contributed by atoms with E-state index >= 15 is 0 Å². The lowest BCUT2D eigenvalue weighted by molar-refractivity contribution is -0.127. The summed E-state index contributed by atoms with van der Waals surface area (Å²) in [4.78, 5) is 38.0. The molecule has 0 aromatic heterocycles. The number of nitrogens with zero attached hydrogens (tertiary/aromatic N) is 1. The molecule has 1 aliphatic heterocycles. The van der Waals surface area contributed by atoms with E-state index in [0.29, 0.717) is 16.3 Å². The highest BCUT2D eigenvalue weighted by Gasteiger charge is 2.36. The van der Waals surface area contributed by atoms with Gasteiger partial charge < -0.3 is 10.1 Å². The van der Waals surface area contributed by atoms with Gasteiger partial charge in [-0.15, -0.1) is 0 Å². The van der Waals surface area contributed by atoms with Crippen molar-refractivity contribution in [1.82, 2.24) is 4.90 Å². The highest BCUT2D eigenvalue weighted by atomic mass is 35.5. The number of hydrogen-bond donors (Lipinski definition) is 1. The van der Waals surface area contributed by atoms with Crippen LogP contribution in [0.1, 0.15) is 25.8 Å². The Kier molecular flexibility index (Phi) is 7.35. The van der Waals surface area contributed by atoms with Crippen LogP contribution in [0.3, 0.4) is 0 Å². The van der Waals surface area contributed by atoms with Gasteiger partial charge in [0.1, 0.15) is 18.1 Å². The van der Waals surface area contributed by atoms with Gasteiger partial charge in [0.15, 0.2) is 0 Å². The summed E-state index contributed by atoms with van der Waals surface area (Å²) in [6, 6.07) is 10.7. The summed E-state index contributed by atoms with van der Waals surface area (Å²) < 4.78 is 19.4. The van der Waals surface area contributed by atoms with Crippen molar-refractivity contribution in [3.05, 3.63) is 63.8 Å². The number of carbonyl (C=O) groups is 3. The van der Waals surface area contributed by atoms with Gasteiger partial charge in [-0.1, -0.05) is 36.7 Å². The molecule has 0 spiro atoms. The molecule has 1 fully saturated rings. The van der Waals surface area contributed by atoms with Crippen molar-refractivity contribution in [2.75, 3.05) is 11.9 Å². The van der Waals surface area contributed by atoms with Gasteiger partial charge in [0.2, 0.25) is 5.91 Å². The fraction of sp³-hybridized carbons (Fsp3) is 0.227. The Labute approximate surface area is 188 Å². The topological polar surface area (TPSA) is 75.7 Å². The number of thioether (sulfide) groups is 1. The Hall–Kier alpha value is -2.84. The van der Waals surface area contributed by atoms with E-state index in [2.05, 4.69) is 5.32 Å². The van der Waals surface area contributed by atoms with Crippen LogP contribution in [0.15, 0.2) is 47.4 Å². The first-order valence-electron chi connectivity index (χ1n) is 9.54. The second-order valence-electron chi connectivity index (χ2n) is 6.82. The maximum Gasteiger partial charge on any atom is 0.294 e. The standard InChI is InChI=1S/C22H20ClFN2O4S/c1-3-13(2)30-18-9-8-14(10-15(18)23)11-19-21(28)26(22(29)31-19)12-20(27)25-17-7-5-4-6-16(17)24/h4-11,13H,3,12H2,1-2H3,(H,25,27)/b19-11-/t13-/m0/s1. The molecule has 9 heteroatoms. The van der Waals surface area contributed by atoms with Crippen molar-refractivity contribution in [3.63, 3.8) is 0 Å². The van der Waals surface area contributed by atoms with Crippen molar-refractivity contribution >= 4 is 52.2 Å². The molecule has 162 valence electrons. The van der Waals surface area contributed by atoms with Crippen LogP contribution in [-0.2, 0) is 9.59 Å². The summed E-state index contributed by atoms with van der Waals surface area (Å²) in [7, 11) is 0. The summed E-state index contributed by atoms with van der Waals surface area (Å²) >= 11 is 6.98. The van der Waals surface area contributed by atoms with E-state index in [4.69, 9.17) is 16.3 Å². The third kappa shape index (κ3) is 5.65. The Morgan fingerprint density at radius 3 is 2.71 bits per heavy atom. The highest BCUT2D eigenvalue weighted by Crippen LogP contribution is 2.34. The van der Waals surface area contributed by atoms with Crippen molar-refractivity contribution in [3.8, 4) is 5.75 Å². The molecule has 0 radical (unpaired) electrons. The minimum absolute atomic E-state index is 0.00959. The number of carbonyl (C=O) groups excluding carboxylic acids is 3. The van der Waals surface area contributed by atoms with Crippen molar-refractivity contribution in [2.45, 2.75) is 26.4 Å².